The van der Waals surface area contributed by atoms with Crippen LogP contribution in [0, 0.1) is 0 Å². The molecule has 0 spiro atoms. The molecule has 0 aromatic heterocycles. The molecule has 3 N–H and O–H groups in total. The van der Waals surface area contributed by atoms with Gasteiger partial charge in [0.2, 0.25) is 5.91 Å². The van der Waals surface area contributed by atoms with Crippen LogP contribution >= 0.6 is 0 Å². The topological polar surface area (TPSA) is 92.9 Å². The second kappa shape index (κ2) is 6.36. The lowest BCUT2D eigenvalue weighted by Crippen LogP contribution is -2.46. The van der Waals surface area contributed by atoms with Crippen molar-refractivity contribution in [1.29, 1.82) is 0 Å². The quantitative estimate of drug-likeness (QED) is 0.639. The average molecular weight is 242 g/mol. The Kier molecular flexibility index (Phi) is 5.11. The molecule has 0 radical (unpaired) electrons. The maximum absolute atomic E-state index is 11.8. The van der Waals surface area contributed by atoms with Crippen LogP contribution in [-0.2, 0) is 14.3 Å². The molecule has 6 nitrogen and oxygen atoms in total. The largest absolute Gasteiger partial charge is 0.481 e. The highest BCUT2D eigenvalue weighted by molar-refractivity contribution is 5.86. The summed E-state index contributed by atoms with van der Waals surface area (Å²) in [6.07, 6.45) is 2.35. The first-order valence-corrected chi connectivity index (χ1v) is 5.47. The minimum absolute atomic E-state index is 0.305. The number of nitrogens with two attached hydrogens (primary N) is 1. The molecule has 0 aliphatic carbocycles. The number of rotatable bonds is 5. The van der Waals surface area contributed by atoms with E-state index in [1.54, 1.807) is 12.0 Å². The Balaban J connectivity index is 2.48. The molecule has 1 unspecified atom stereocenters. The Morgan fingerprint density at radius 1 is 1.65 bits per heavy atom. The first-order valence-electron chi connectivity index (χ1n) is 5.47. The van der Waals surface area contributed by atoms with Crippen LogP contribution in [0.4, 0.5) is 0 Å². The molecule has 0 saturated heterocycles. The summed E-state index contributed by atoms with van der Waals surface area (Å²) in [5.74, 6) is -1.36. The molecule has 0 bridgehead atoms. The summed E-state index contributed by atoms with van der Waals surface area (Å²) in [4.78, 5) is 23.8. The van der Waals surface area contributed by atoms with Gasteiger partial charge in [0.25, 0.3) is 0 Å². The van der Waals surface area contributed by atoms with Crippen molar-refractivity contribution < 1.29 is 19.4 Å². The molecule has 1 aliphatic heterocycles. The van der Waals surface area contributed by atoms with Crippen LogP contribution in [0.5, 0.6) is 0 Å². The van der Waals surface area contributed by atoms with E-state index in [9.17, 15) is 9.59 Å². The van der Waals surface area contributed by atoms with E-state index >= 15 is 0 Å². The van der Waals surface area contributed by atoms with Crippen LogP contribution in [-0.4, -0.2) is 54.7 Å². The zero-order valence-electron chi connectivity index (χ0n) is 9.89. The number of aliphatic carboxylic acids is 1. The Bertz CT molecular complexity index is 327. The molecule has 1 atom stereocenters. The fraction of sp³-hybridized carbons (Fsp3) is 0.636. The molecule has 1 aliphatic rings. The van der Waals surface area contributed by atoms with Crippen molar-refractivity contribution in [2.75, 3.05) is 26.8 Å². The van der Waals surface area contributed by atoms with E-state index < -0.39 is 12.0 Å². The summed E-state index contributed by atoms with van der Waals surface area (Å²) in [5, 5.41) is 8.56. The fourth-order valence-corrected chi connectivity index (χ4v) is 1.74. The second-order valence-electron chi connectivity index (χ2n) is 4.03. The molecular formula is C11H18N2O4. The van der Waals surface area contributed by atoms with Crippen molar-refractivity contribution in [1.82, 2.24) is 4.90 Å². The lowest BCUT2D eigenvalue weighted by atomic mass is 10.1. The molecule has 96 valence electrons. The predicted octanol–water partition coefficient (Wildman–Crippen LogP) is -0.406. The fourth-order valence-electron chi connectivity index (χ4n) is 1.74. The number of ether oxygens (including phenoxy) is 1. The molecule has 1 rings (SSSR count). The van der Waals surface area contributed by atoms with Gasteiger partial charge in [-0.25, -0.2) is 0 Å². The first kappa shape index (κ1) is 13.7. The summed E-state index contributed by atoms with van der Waals surface area (Å²) >= 11 is 0. The normalized spacial score (nSPS) is 17.5. The zero-order chi connectivity index (χ0) is 12.8. The van der Waals surface area contributed by atoms with Crippen molar-refractivity contribution in [2.24, 2.45) is 5.73 Å². The number of carboxylic acids is 1. The number of carbonyl (C=O) groups is 2. The van der Waals surface area contributed by atoms with E-state index in [4.69, 9.17) is 15.6 Å². The Morgan fingerprint density at radius 2 is 2.35 bits per heavy atom. The van der Waals surface area contributed by atoms with Gasteiger partial charge >= 0.3 is 5.97 Å². The number of hydrogen-bond acceptors (Lipinski definition) is 4. The van der Waals surface area contributed by atoms with Crippen LogP contribution in [0.1, 0.15) is 12.8 Å². The third-order valence-corrected chi connectivity index (χ3v) is 2.66. The minimum atomic E-state index is -1.06. The van der Waals surface area contributed by atoms with Crippen molar-refractivity contribution in [3.63, 3.8) is 0 Å². The summed E-state index contributed by atoms with van der Waals surface area (Å²) in [6.45, 7) is 1.62. The Hall–Kier alpha value is -1.40. The van der Waals surface area contributed by atoms with Crippen LogP contribution in [0.25, 0.3) is 0 Å². The number of amides is 1. The van der Waals surface area contributed by atoms with Gasteiger partial charge in [0.05, 0.1) is 19.1 Å². The van der Waals surface area contributed by atoms with E-state index in [0.29, 0.717) is 19.7 Å². The number of methoxy groups -OCH3 is 1. The summed E-state index contributed by atoms with van der Waals surface area (Å²) in [7, 11) is 1.63. The van der Waals surface area contributed by atoms with Gasteiger partial charge in [-0.3, -0.25) is 9.59 Å². The molecular weight excluding hydrogens is 224 g/mol. The summed E-state index contributed by atoms with van der Waals surface area (Å²) < 4.78 is 5.00. The lowest BCUT2D eigenvalue weighted by Gasteiger charge is -2.28. The number of nitrogens with zero attached hydrogens (tertiary/aromatic N) is 1. The maximum Gasteiger partial charge on any atom is 0.305 e. The molecule has 1 heterocycles. The zero-order valence-corrected chi connectivity index (χ0v) is 9.89. The van der Waals surface area contributed by atoms with Crippen molar-refractivity contribution in [2.45, 2.75) is 18.9 Å². The van der Waals surface area contributed by atoms with E-state index in [-0.39, 0.29) is 12.3 Å². The van der Waals surface area contributed by atoms with E-state index in [1.807, 2.05) is 6.08 Å². The Morgan fingerprint density at radius 3 is 2.82 bits per heavy atom. The van der Waals surface area contributed by atoms with Crippen molar-refractivity contribution in [3.8, 4) is 0 Å². The lowest BCUT2D eigenvalue weighted by molar-refractivity contribution is -0.141. The number of carbonyl (C=O) groups excluding carboxylic acids is 1. The van der Waals surface area contributed by atoms with Gasteiger partial charge in [-0.05, 0) is 12.0 Å². The van der Waals surface area contributed by atoms with E-state index in [0.717, 1.165) is 12.0 Å². The van der Waals surface area contributed by atoms with Crippen LogP contribution in [0.3, 0.4) is 0 Å². The van der Waals surface area contributed by atoms with Gasteiger partial charge in [0.15, 0.2) is 0 Å². The van der Waals surface area contributed by atoms with E-state index in [2.05, 4.69) is 0 Å². The standard InChI is InChI=1S/C11H18N2O4/c1-17-7-8-2-4-13(5-3-8)11(16)9(12)6-10(14)15/h2,9H,3-7,12H2,1H3,(H,14,15). The average Bonchev–Trinajstić information content (AvgIpc) is 2.28. The highest BCUT2D eigenvalue weighted by Gasteiger charge is 2.24. The number of carboxylic acid groups (broad SMARTS) is 1. The highest BCUT2D eigenvalue weighted by atomic mass is 16.5. The van der Waals surface area contributed by atoms with E-state index in [1.165, 1.54) is 0 Å². The highest BCUT2D eigenvalue weighted by Crippen LogP contribution is 2.12. The predicted molar refractivity (Wildman–Crippen MR) is 61.4 cm³/mol. The SMILES string of the molecule is COCC1=CCN(C(=O)C(N)CC(=O)O)CC1. The van der Waals surface area contributed by atoms with Crippen molar-refractivity contribution >= 4 is 11.9 Å². The van der Waals surface area contributed by atoms with Crippen LogP contribution in [0.15, 0.2) is 11.6 Å². The molecule has 17 heavy (non-hydrogen) atoms. The van der Waals surface area contributed by atoms with Gasteiger partial charge in [-0.15, -0.1) is 0 Å². The third kappa shape index (κ3) is 4.16. The van der Waals surface area contributed by atoms with Gasteiger partial charge < -0.3 is 20.5 Å². The van der Waals surface area contributed by atoms with Gasteiger partial charge in [-0.1, -0.05) is 6.08 Å². The summed E-state index contributed by atoms with van der Waals surface area (Å²) in [6, 6.07) is -0.954. The number of hydrogen-bond donors (Lipinski definition) is 2. The smallest absolute Gasteiger partial charge is 0.305 e. The molecule has 1 amide bonds. The summed E-state index contributed by atoms with van der Waals surface area (Å²) in [5.41, 5.74) is 6.68. The van der Waals surface area contributed by atoms with Gasteiger partial charge in [0.1, 0.15) is 0 Å². The maximum atomic E-state index is 11.8. The van der Waals surface area contributed by atoms with Gasteiger partial charge in [0, 0.05) is 20.2 Å². The Labute approximate surface area is 100 Å². The van der Waals surface area contributed by atoms with Crippen LogP contribution < -0.4 is 5.73 Å². The molecule has 0 aromatic carbocycles. The molecule has 6 heteroatoms. The minimum Gasteiger partial charge on any atom is -0.481 e. The molecule has 0 fully saturated rings. The second-order valence-corrected chi connectivity index (χ2v) is 4.03. The molecule has 0 saturated carbocycles. The van der Waals surface area contributed by atoms with Crippen molar-refractivity contribution in [3.05, 3.63) is 11.6 Å². The third-order valence-electron chi connectivity index (χ3n) is 2.66. The van der Waals surface area contributed by atoms with Crippen LogP contribution in [0.2, 0.25) is 0 Å². The van der Waals surface area contributed by atoms with Gasteiger partial charge in [-0.2, -0.15) is 0 Å². The molecule has 0 aromatic rings. The first-order chi connectivity index (χ1) is 8.04. The monoisotopic (exact) mass is 242 g/mol.